The lowest BCUT2D eigenvalue weighted by atomic mass is 9.92. The van der Waals surface area contributed by atoms with E-state index in [0.29, 0.717) is 45.0 Å². The Hall–Kier alpha value is -8.74. The maximum atomic E-state index is 14.7. The second-order valence-corrected chi connectivity index (χ2v) is 22.3. The van der Waals surface area contributed by atoms with Gasteiger partial charge in [-0.25, -0.2) is 14.6 Å². The molecule has 2 N–H and O–H groups in total. The van der Waals surface area contributed by atoms with E-state index in [1.807, 2.05) is 58.0 Å². The standard InChI is InChI=1S/C64H74ClN9O14/c1-40(2)59(69(5)6)52(75)32-42(4)60(78)66-46-16-12-43(13-17-46)38-86-63(81)70(7)24-25-71(26-28-84-30-31-85-29-27-73-55(76)22-23-56(73)77)64(82)88-53-33-51-58(57-41(3)10-9-11-49(53)57)45(34-65)35-74(51)62(80)50-37-72-36-47(18-21-54(72)68-50)67-61(79)44-14-19-48(20-15-44)87-39-83-8/h9-23,33,36-37,40,42,45,59H,24-32,34-35,38-39H2,1-8H3,(H,66,78)(H,67,79)/t42-,45-,59+/m1/s1. The van der Waals surface area contributed by atoms with Crippen LogP contribution < -0.4 is 25.0 Å². The number of likely N-dealkylation sites (N-methyl/N-ethyl adjacent to an activating group) is 2. The number of imidazole rings is 1. The zero-order chi connectivity index (χ0) is 63.2. The van der Waals surface area contributed by atoms with Crippen LogP contribution in [0.5, 0.6) is 11.5 Å². The number of anilines is 3. The highest BCUT2D eigenvalue weighted by atomic mass is 35.5. The van der Waals surface area contributed by atoms with Gasteiger partial charge in [-0.15, -0.1) is 11.6 Å². The van der Waals surface area contributed by atoms with Crippen molar-refractivity contribution < 1.29 is 66.8 Å². The maximum absolute atomic E-state index is 14.7. The number of hydrogen-bond acceptors (Lipinski definition) is 16. The van der Waals surface area contributed by atoms with E-state index in [4.69, 9.17) is 40.0 Å². The van der Waals surface area contributed by atoms with Crippen LogP contribution in [-0.2, 0) is 44.7 Å². The molecule has 4 heterocycles. The quantitative estimate of drug-likeness (QED) is 0.0194. The lowest BCUT2D eigenvalue weighted by molar-refractivity contribution is -0.137. The predicted octanol–water partition coefficient (Wildman–Crippen LogP) is 8.16. The molecule has 23 nitrogen and oxygen atoms in total. The summed E-state index contributed by atoms with van der Waals surface area (Å²) in [5, 5.41) is 7.12. The van der Waals surface area contributed by atoms with Gasteiger partial charge < -0.3 is 58.2 Å². The van der Waals surface area contributed by atoms with Gasteiger partial charge in [0.25, 0.3) is 23.6 Å². The molecule has 0 saturated carbocycles. The Balaban J connectivity index is 0.939. The summed E-state index contributed by atoms with van der Waals surface area (Å²) < 4.78 is 35.5. The van der Waals surface area contributed by atoms with Gasteiger partial charge in [0, 0.05) is 112 Å². The van der Waals surface area contributed by atoms with E-state index in [1.165, 1.54) is 36.1 Å². The molecule has 2 aromatic heterocycles. The fraction of sp³-hybridized carbons (Fsp3) is 0.391. The molecule has 88 heavy (non-hydrogen) atoms. The zero-order valence-corrected chi connectivity index (χ0v) is 51.4. The molecule has 4 aromatic carbocycles. The minimum absolute atomic E-state index is 0.00389. The number of carbonyl (C=O) groups is 8. The van der Waals surface area contributed by atoms with Crippen molar-refractivity contribution in [3.63, 3.8) is 0 Å². The third-order valence-corrected chi connectivity index (χ3v) is 15.4. The summed E-state index contributed by atoms with van der Waals surface area (Å²) in [5.74, 6) is -1.80. The second kappa shape index (κ2) is 30.3. The summed E-state index contributed by atoms with van der Waals surface area (Å²) in [5.41, 5.74) is 4.73. The lowest BCUT2D eigenvalue weighted by Gasteiger charge is -2.27. The number of nitrogens with zero attached hydrogens (tertiary/aromatic N) is 7. The molecule has 2 aliphatic heterocycles. The Bertz CT molecular complexity index is 3530. The Morgan fingerprint density at radius 1 is 0.795 bits per heavy atom. The highest BCUT2D eigenvalue weighted by Gasteiger charge is 2.37. The largest absolute Gasteiger partial charge is 0.468 e. The van der Waals surface area contributed by atoms with Crippen LogP contribution in [0, 0.1) is 18.8 Å². The van der Waals surface area contributed by atoms with Crippen molar-refractivity contribution in [1.29, 1.82) is 0 Å². The number of rotatable bonds is 29. The Labute approximate surface area is 515 Å². The lowest BCUT2D eigenvalue weighted by Crippen LogP contribution is -2.42. The van der Waals surface area contributed by atoms with Crippen molar-refractivity contribution >= 4 is 92.6 Å². The summed E-state index contributed by atoms with van der Waals surface area (Å²) in [6.07, 6.45) is 4.29. The first-order valence-electron chi connectivity index (χ1n) is 28.8. The molecular formula is C64H74ClN9O14. The molecule has 0 spiro atoms. The van der Waals surface area contributed by atoms with E-state index in [0.717, 1.165) is 21.4 Å². The number of ketones is 1. The molecule has 24 heteroatoms. The first-order valence-corrected chi connectivity index (χ1v) is 29.4. The van der Waals surface area contributed by atoms with Gasteiger partial charge in [0.15, 0.2) is 12.6 Å². The Morgan fingerprint density at radius 3 is 2.18 bits per heavy atom. The normalized spacial score (nSPS) is 14.4. The van der Waals surface area contributed by atoms with E-state index >= 15 is 0 Å². The number of aryl methyl sites for hydroxylation is 1. The van der Waals surface area contributed by atoms with Gasteiger partial charge in [-0.05, 0) is 97.5 Å². The number of pyridine rings is 1. The molecule has 0 bridgehead atoms. The van der Waals surface area contributed by atoms with Gasteiger partial charge in [0.05, 0.1) is 50.4 Å². The van der Waals surface area contributed by atoms with Crippen molar-refractivity contribution in [2.24, 2.45) is 11.8 Å². The average molecular weight is 1230 g/mol. The van der Waals surface area contributed by atoms with Crippen LogP contribution in [0.1, 0.15) is 70.6 Å². The highest BCUT2D eigenvalue weighted by Crippen LogP contribution is 2.47. The van der Waals surface area contributed by atoms with Gasteiger partial charge >= 0.3 is 12.2 Å². The van der Waals surface area contributed by atoms with E-state index < -0.39 is 35.8 Å². The van der Waals surface area contributed by atoms with Crippen LogP contribution in [0.4, 0.5) is 26.7 Å². The van der Waals surface area contributed by atoms with Gasteiger partial charge in [0.2, 0.25) is 5.91 Å². The molecule has 466 valence electrons. The third-order valence-electron chi connectivity index (χ3n) is 15.0. The van der Waals surface area contributed by atoms with Gasteiger partial charge in [-0.1, -0.05) is 51.1 Å². The Kier molecular flexibility index (Phi) is 22.4. The molecule has 0 saturated heterocycles. The Morgan fingerprint density at radius 2 is 1.50 bits per heavy atom. The third kappa shape index (κ3) is 16.3. The highest BCUT2D eigenvalue weighted by molar-refractivity contribution is 6.19. The number of methoxy groups -OCH3 is 1. The summed E-state index contributed by atoms with van der Waals surface area (Å²) in [7, 11) is 6.75. The molecule has 3 atom stereocenters. The second-order valence-electron chi connectivity index (χ2n) is 22.0. The fourth-order valence-corrected chi connectivity index (χ4v) is 10.8. The number of hydrogen-bond donors (Lipinski definition) is 2. The summed E-state index contributed by atoms with van der Waals surface area (Å²) >= 11 is 6.69. The molecule has 0 radical (unpaired) electrons. The zero-order valence-electron chi connectivity index (χ0n) is 50.6. The number of Topliss-reactive ketones (excluding diaryl/α,β-unsaturated/α-hetero) is 1. The number of amides is 7. The number of imide groups is 1. The molecule has 0 unspecified atom stereocenters. The van der Waals surface area contributed by atoms with Crippen LogP contribution >= 0.6 is 11.6 Å². The molecule has 2 aliphatic rings. The van der Waals surface area contributed by atoms with Crippen LogP contribution in [0.15, 0.2) is 109 Å². The fourth-order valence-electron chi connectivity index (χ4n) is 10.5. The number of halogens is 1. The molecular weight excluding hydrogens is 1150 g/mol. The van der Waals surface area contributed by atoms with Crippen LogP contribution in [0.2, 0.25) is 0 Å². The maximum Gasteiger partial charge on any atom is 0.415 e. The first-order chi connectivity index (χ1) is 42.2. The smallest absolute Gasteiger partial charge is 0.415 e. The molecule has 8 rings (SSSR count). The molecule has 6 aromatic rings. The van der Waals surface area contributed by atoms with E-state index in [-0.39, 0.29) is 132 Å². The number of ether oxygens (including phenoxy) is 6. The molecule has 7 amide bonds. The first kappa shape index (κ1) is 65.2. The number of nitrogens with one attached hydrogen (secondary N) is 2. The topological polar surface area (TPSA) is 249 Å². The van der Waals surface area contributed by atoms with Crippen molar-refractivity contribution in [1.82, 2.24) is 29.0 Å². The number of fused-ring (bicyclic) bond motifs is 4. The van der Waals surface area contributed by atoms with Crippen molar-refractivity contribution in [3.05, 3.63) is 137 Å². The number of carbonyl (C=O) groups excluding carboxylic acids is 8. The predicted molar refractivity (Wildman–Crippen MR) is 330 cm³/mol. The van der Waals surface area contributed by atoms with Gasteiger partial charge in [0.1, 0.15) is 29.4 Å². The van der Waals surface area contributed by atoms with E-state index in [2.05, 4.69) is 15.6 Å². The van der Waals surface area contributed by atoms with Crippen LogP contribution in [-0.4, -0.2) is 183 Å². The number of aromatic nitrogens is 2. The van der Waals surface area contributed by atoms with E-state index in [1.54, 1.807) is 95.3 Å². The van der Waals surface area contributed by atoms with Crippen molar-refractivity contribution in [2.75, 3.05) is 116 Å². The SMILES string of the molecule is COCOc1ccc(C(=O)Nc2ccc3nc(C(=O)N4C[C@@H](CCl)c5c4cc(OC(=O)N(CCOCCOCCN4C(=O)C=CC4=O)CCN(C)C(=O)OCc4ccc(NC(=O)[C@H](C)CC(=O)[C@H](C(C)C)N(C)C)cc4)c4cccc(C)c54)cn3c2)cc1. The van der Waals surface area contributed by atoms with Gasteiger partial charge in [-0.3, -0.25) is 38.6 Å². The van der Waals surface area contributed by atoms with Crippen molar-refractivity contribution in [2.45, 2.75) is 52.7 Å². The number of alkyl halides is 1. The van der Waals surface area contributed by atoms with Crippen molar-refractivity contribution in [3.8, 4) is 11.5 Å². The van der Waals surface area contributed by atoms with Gasteiger partial charge in [-0.2, -0.15) is 0 Å². The molecule has 0 fully saturated rings. The summed E-state index contributed by atoms with van der Waals surface area (Å²) in [6.45, 7) is 8.22. The van der Waals surface area contributed by atoms with Crippen LogP contribution in [0.25, 0.3) is 16.4 Å². The summed E-state index contributed by atoms with van der Waals surface area (Å²) in [6, 6.07) is 23.7. The minimum atomic E-state index is -0.777. The summed E-state index contributed by atoms with van der Waals surface area (Å²) in [4.78, 5) is 118. The average Bonchev–Trinajstić information content (AvgIpc) is 1.77. The monoisotopic (exact) mass is 1230 g/mol. The minimum Gasteiger partial charge on any atom is -0.468 e. The molecule has 0 aliphatic carbocycles. The van der Waals surface area contributed by atoms with E-state index in [9.17, 15) is 38.4 Å². The van der Waals surface area contributed by atoms with Crippen LogP contribution in [0.3, 0.4) is 0 Å². The number of benzene rings is 4.